The number of para-hydroxylation sites is 1. The Balaban J connectivity index is 2.01. The third-order valence-corrected chi connectivity index (χ3v) is 5.03. The van der Waals surface area contributed by atoms with E-state index in [1.165, 1.54) is 11.8 Å². The smallest absolute Gasteiger partial charge is 0.266 e. The fraction of sp³-hybridized carbons (Fsp3) is 0.200. The lowest BCUT2D eigenvalue weighted by atomic mass is 10.2. The second-order valence-corrected chi connectivity index (χ2v) is 7.44. The van der Waals surface area contributed by atoms with Crippen molar-refractivity contribution in [2.75, 3.05) is 7.11 Å². The Labute approximate surface area is 162 Å². The molecule has 2 aromatic carbocycles. The predicted molar refractivity (Wildman–Crippen MR) is 109 cm³/mol. The topological polar surface area (TPSA) is 41.9 Å². The number of amides is 1. The third kappa shape index (κ3) is 3.94. The Morgan fingerprint density at radius 1 is 1.19 bits per heavy atom. The van der Waals surface area contributed by atoms with Crippen molar-refractivity contribution < 1.29 is 9.53 Å². The van der Waals surface area contributed by atoms with Gasteiger partial charge in [-0.25, -0.2) is 4.99 Å². The summed E-state index contributed by atoms with van der Waals surface area (Å²) >= 11 is 7.46. The molecule has 26 heavy (non-hydrogen) atoms. The largest absolute Gasteiger partial charge is 0.496 e. The van der Waals surface area contributed by atoms with E-state index in [2.05, 4.69) is 4.99 Å². The summed E-state index contributed by atoms with van der Waals surface area (Å²) < 4.78 is 5.38. The summed E-state index contributed by atoms with van der Waals surface area (Å²) in [6, 6.07) is 15.0. The van der Waals surface area contributed by atoms with Crippen LogP contribution in [-0.2, 0) is 4.79 Å². The number of aliphatic imine (C=N–C) groups is 1. The van der Waals surface area contributed by atoms with E-state index < -0.39 is 0 Å². The van der Waals surface area contributed by atoms with Crippen molar-refractivity contribution >= 4 is 46.2 Å². The number of nitrogens with zero attached hydrogens (tertiary/aromatic N) is 2. The Kier molecular flexibility index (Phi) is 5.69. The van der Waals surface area contributed by atoms with Gasteiger partial charge in [-0.15, -0.1) is 0 Å². The van der Waals surface area contributed by atoms with E-state index >= 15 is 0 Å². The average Bonchev–Trinajstić information content (AvgIpc) is 2.91. The van der Waals surface area contributed by atoms with Gasteiger partial charge in [-0.1, -0.05) is 29.8 Å². The molecule has 0 atom stereocenters. The highest BCUT2D eigenvalue weighted by Crippen LogP contribution is 2.37. The maximum atomic E-state index is 12.9. The SMILES string of the molecule is COc1ccc(Cl)cc1/C=C1/SC(=Nc2ccccc2)N(C(C)C)C1=O. The fourth-order valence-electron chi connectivity index (χ4n) is 2.59. The van der Waals surface area contributed by atoms with E-state index in [0.717, 1.165) is 11.3 Å². The molecule has 1 aliphatic rings. The van der Waals surface area contributed by atoms with Crippen molar-refractivity contribution in [1.29, 1.82) is 0 Å². The van der Waals surface area contributed by atoms with Crippen molar-refractivity contribution in [3.63, 3.8) is 0 Å². The summed E-state index contributed by atoms with van der Waals surface area (Å²) in [5.41, 5.74) is 1.58. The van der Waals surface area contributed by atoms with Crippen molar-refractivity contribution in [2.24, 2.45) is 4.99 Å². The van der Waals surface area contributed by atoms with Crippen molar-refractivity contribution in [1.82, 2.24) is 4.90 Å². The molecule has 1 fully saturated rings. The minimum Gasteiger partial charge on any atom is -0.496 e. The molecule has 0 saturated carbocycles. The van der Waals surface area contributed by atoms with Gasteiger partial charge in [0.2, 0.25) is 0 Å². The number of benzene rings is 2. The Hall–Kier alpha value is -2.24. The van der Waals surface area contributed by atoms with E-state index in [1.54, 1.807) is 36.3 Å². The zero-order valence-electron chi connectivity index (χ0n) is 14.8. The molecule has 4 nitrogen and oxygen atoms in total. The minimum absolute atomic E-state index is 0.00428. The Morgan fingerprint density at radius 3 is 2.58 bits per heavy atom. The molecule has 0 bridgehead atoms. The monoisotopic (exact) mass is 386 g/mol. The lowest BCUT2D eigenvalue weighted by Gasteiger charge is -2.19. The minimum atomic E-state index is -0.0679. The molecule has 6 heteroatoms. The molecule has 1 saturated heterocycles. The maximum absolute atomic E-state index is 12.9. The van der Waals surface area contributed by atoms with Crippen LogP contribution in [0.2, 0.25) is 5.02 Å². The predicted octanol–water partition coefficient (Wildman–Crippen LogP) is 5.36. The van der Waals surface area contributed by atoms with E-state index in [-0.39, 0.29) is 11.9 Å². The van der Waals surface area contributed by atoms with Crippen molar-refractivity contribution in [3.05, 3.63) is 64.0 Å². The van der Waals surface area contributed by atoms with E-state index in [1.807, 2.05) is 44.2 Å². The fourth-order valence-corrected chi connectivity index (χ4v) is 3.88. The second kappa shape index (κ2) is 7.98. The number of amidine groups is 1. The zero-order chi connectivity index (χ0) is 18.7. The van der Waals surface area contributed by atoms with E-state index in [9.17, 15) is 4.79 Å². The quantitative estimate of drug-likeness (QED) is 0.664. The number of carbonyl (C=O) groups excluding carboxylic acids is 1. The first kappa shape index (κ1) is 18.5. The van der Waals surface area contributed by atoms with E-state index in [4.69, 9.17) is 16.3 Å². The summed E-state index contributed by atoms with van der Waals surface area (Å²) in [7, 11) is 1.59. The van der Waals surface area contributed by atoms with Gasteiger partial charge in [0, 0.05) is 16.6 Å². The Bertz CT molecular complexity index is 879. The van der Waals surface area contributed by atoms with Crippen LogP contribution < -0.4 is 4.74 Å². The molecule has 0 radical (unpaired) electrons. The zero-order valence-corrected chi connectivity index (χ0v) is 16.3. The Morgan fingerprint density at radius 2 is 1.92 bits per heavy atom. The van der Waals surface area contributed by atoms with Gasteiger partial charge in [0.15, 0.2) is 5.17 Å². The molecule has 0 unspecified atom stereocenters. The molecule has 3 rings (SSSR count). The van der Waals surface area contributed by atoms with Crippen LogP contribution in [0.15, 0.2) is 58.4 Å². The summed E-state index contributed by atoms with van der Waals surface area (Å²) in [4.78, 5) is 19.9. The molecule has 0 aromatic heterocycles. The molecular weight excluding hydrogens is 368 g/mol. The molecule has 0 spiro atoms. The highest BCUT2D eigenvalue weighted by atomic mass is 35.5. The number of rotatable bonds is 4. The first-order valence-corrected chi connectivity index (χ1v) is 9.39. The van der Waals surface area contributed by atoms with Crippen LogP contribution in [0, 0.1) is 0 Å². The molecule has 134 valence electrons. The number of carbonyl (C=O) groups is 1. The first-order valence-electron chi connectivity index (χ1n) is 8.20. The van der Waals surface area contributed by atoms with Gasteiger partial charge in [0.25, 0.3) is 5.91 Å². The van der Waals surface area contributed by atoms with Gasteiger partial charge in [-0.05, 0) is 62.0 Å². The van der Waals surface area contributed by atoms with Gasteiger partial charge < -0.3 is 4.74 Å². The number of thioether (sulfide) groups is 1. The number of ether oxygens (including phenoxy) is 1. The maximum Gasteiger partial charge on any atom is 0.266 e. The molecule has 1 heterocycles. The third-order valence-electron chi connectivity index (χ3n) is 3.81. The van der Waals surface area contributed by atoms with Gasteiger partial charge >= 0.3 is 0 Å². The highest BCUT2D eigenvalue weighted by Gasteiger charge is 2.35. The van der Waals surface area contributed by atoms with Crippen molar-refractivity contribution in [3.8, 4) is 5.75 Å². The van der Waals surface area contributed by atoms with Crippen molar-refractivity contribution in [2.45, 2.75) is 19.9 Å². The van der Waals surface area contributed by atoms with Crippen LogP contribution in [0.1, 0.15) is 19.4 Å². The van der Waals surface area contributed by atoms with Crippen LogP contribution in [0.25, 0.3) is 6.08 Å². The number of hydrogen-bond donors (Lipinski definition) is 0. The molecule has 1 amide bonds. The van der Waals surface area contributed by atoms with Crippen LogP contribution in [0.3, 0.4) is 0 Å². The molecular formula is C20H19ClN2O2S. The molecule has 0 N–H and O–H groups in total. The second-order valence-electron chi connectivity index (χ2n) is 6.00. The van der Waals surface area contributed by atoms with Gasteiger partial charge in [0.05, 0.1) is 17.7 Å². The summed E-state index contributed by atoms with van der Waals surface area (Å²) in [5.74, 6) is 0.599. The molecule has 1 aliphatic heterocycles. The van der Waals surface area contributed by atoms with Gasteiger partial charge in [-0.2, -0.15) is 0 Å². The van der Waals surface area contributed by atoms with Crippen LogP contribution >= 0.6 is 23.4 Å². The number of halogens is 1. The summed E-state index contributed by atoms with van der Waals surface area (Å²) in [5, 5.41) is 1.26. The molecule has 0 aliphatic carbocycles. The van der Waals surface area contributed by atoms with Crippen LogP contribution in [0.4, 0.5) is 5.69 Å². The van der Waals surface area contributed by atoms with Crippen LogP contribution in [-0.4, -0.2) is 29.1 Å². The number of methoxy groups -OCH3 is 1. The number of hydrogen-bond acceptors (Lipinski definition) is 4. The summed E-state index contributed by atoms with van der Waals surface area (Å²) in [6.45, 7) is 3.95. The first-order chi connectivity index (χ1) is 12.5. The highest BCUT2D eigenvalue weighted by molar-refractivity contribution is 8.18. The molecule has 2 aromatic rings. The van der Waals surface area contributed by atoms with Gasteiger partial charge in [0.1, 0.15) is 5.75 Å². The van der Waals surface area contributed by atoms with E-state index in [0.29, 0.717) is 20.8 Å². The lowest BCUT2D eigenvalue weighted by Crippen LogP contribution is -2.35. The standard InChI is InChI=1S/C20H19ClN2O2S/c1-13(2)23-19(24)18(12-14-11-15(21)9-10-17(14)25-3)26-20(23)22-16-7-5-4-6-8-16/h4-13H,1-3H3/b18-12+,22-20?. The average molecular weight is 387 g/mol. The van der Waals surface area contributed by atoms with Crippen LogP contribution in [0.5, 0.6) is 5.75 Å². The normalized spacial score (nSPS) is 17.6. The summed E-state index contributed by atoms with van der Waals surface area (Å²) in [6.07, 6.45) is 1.81. The van der Waals surface area contributed by atoms with Gasteiger partial charge in [-0.3, -0.25) is 9.69 Å². The lowest BCUT2D eigenvalue weighted by molar-refractivity contribution is -0.123.